The summed E-state index contributed by atoms with van der Waals surface area (Å²) in [5.74, 6) is 0.0180. The van der Waals surface area contributed by atoms with Crippen molar-refractivity contribution < 1.29 is 4.79 Å². The molecule has 0 bridgehead atoms. The van der Waals surface area contributed by atoms with Crippen LogP contribution < -0.4 is 16.4 Å². The van der Waals surface area contributed by atoms with Gasteiger partial charge in [-0.3, -0.25) is 9.20 Å². The van der Waals surface area contributed by atoms with Gasteiger partial charge < -0.3 is 16.4 Å². The maximum Gasteiger partial charge on any atom is 0.256 e. The average Bonchev–Trinajstić information content (AvgIpc) is 3.64. The molecule has 1 amide bonds. The summed E-state index contributed by atoms with van der Waals surface area (Å²) in [4.78, 5) is 21.9. The number of nitrogens with one attached hydrogen (secondary N) is 2. The Bertz CT molecular complexity index is 1670. The van der Waals surface area contributed by atoms with E-state index in [4.69, 9.17) is 10.7 Å². The summed E-state index contributed by atoms with van der Waals surface area (Å²) >= 11 is 1.50. The fourth-order valence-electron chi connectivity index (χ4n) is 3.78. The van der Waals surface area contributed by atoms with Gasteiger partial charge in [-0.1, -0.05) is 24.3 Å². The number of imidazole rings is 1. The molecule has 10 heteroatoms. The highest BCUT2D eigenvalue weighted by Crippen LogP contribution is 2.28. The van der Waals surface area contributed by atoms with E-state index in [1.165, 1.54) is 11.3 Å². The summed E-state index contributed by atoms with van der Waals surface area (Å²) < 4.78 is 3.63. The number of carbonyl (C=O) groups is 1. The van der Waals surface area contributed by atoms with Gasteiger partial charge in [-0.05, 0) is 48.5 Å². The first-order valence-corrected chi connectivity index (χ1v) is 12.0. The van der Waals surface area contributed by atoms with Crippen molar-refractivity contribution >= 4 is 45.2 Å². The van der Waals surface area contributed by atoms with E-state index in [1.54, 1.807) is 23.0 Å². The number of benzene rings is 2. The Labute approximate surface area is 209 Å². The molecule has 4 aromatic heterocycles. The zero-order valence-corrected chi connectivity index (χ0v) is 19.7. The van der Waals surface area contributed by atoms with Gasteiger partial charge in [0, 0.05) is 22.8 Å². The van der Waals surface area contributed by atoms with Crippen LogP contribution in [0.5, 0.6) is 0 Å². The summed E-state index contributed by atoms with van der Waals surface area (Å²) in [7, 11) is 0. The molecular formula is C26H20N8OS. The van der Waals surface area contributed by atoms with E-state index >= 15 is 0 Å². The number of thiazole rings is 1. The predicted molar refractivity (Wildman–Crippen MR) is 142 cm³/mol. The number of rotatable bonds is 6. The van der Waals surface area contributed by atoms with Gasteiger partial charge in [0.15, 0.2) is 10.9 Å². The molecule has 0 aliphatic carbocycles. The largest absolute Gasteiger partial charge is 0.394 e. The number of nitrogen functional groups attached to an aromatic ring is 1. The van der Waals surface area contributed by atoms with E-state index in [0.29, 0.717) is 17.1 Å². The lowest BCUT2D eigenvalue weighted by atomic mass is 10.2. The van der Waals surface area contributed by atoms with E-state index in [1.807, 2.05) is 82.8 Å². The number of fused-ring (bicyclic) bond motifs is 1. The zero-order chi connectivity index (χ0) is 24.5. The quantitative estimate of drug-likeness (QED) is 0.294. The van der Waals surface area contributed by atoms with Gasteiger partial charge in [-0.2, -0.15) is 0 Å². The molecule has 0 aliphatic heterocycles. The van der Waals surface area contributed by atoms with Crippen LogP contribution in [0.1, 0.15) is 10.4 Å². The van der Waals surface area contributed by atoms with E-state index in [-0.39, 0.29) is 5.91 Å². The molecule has 9 nitrogen and oxygen atoms in total. The molecule has 6 aromatic rings. The van der Waals surface area contributed by atoms with E-state index in [9.17, 15) is 4.79 Å². The number of nitrogens with two attached hydrogens (primary N) is 1. The molecule has 0 unspecified atom stereocenters. The van der Waals surface area contributed by atoms with Crippen LogP contribution in [0.25, 0.3) is 22.7 Å². The Morgan fingerprint density at radius 2 is 1.78 bits per heavy atom. The molecule has 36 heavy (non-hydrogen) atoms. The Morgan fingerprint density at radius 1 is 0.972 bits per heavy atom. The first-order valence-electron chi connectivity index (χ1n) is 11.1. The molecule has 0 aliphatic rings. The molecular weight excluding hydrogens is 472 g/mol. The third-order valence-electron chi connectivity index (χ3n) is 5.58. The van der Waals surface area contributed by atoms with E-state index < -0.39 is 0 Å². The smallest absolute Gasteiger partial charge is 0.256 e. The van der Waals surface area contributed by atoms with Crippen molar-refractivity contribution in [3.63, 3.8) is 0 Å². The number of aromatic nitrogens is 5. The second-order valence-corrected chi connectivity index (χ2v) is 8.84. The number of hydrogen-bond acceptors (Lipinski definition) is 7. The average molecular weight is 493 g/mol. The first kappa shape index (κ1) is 21.6. The van der Waals surface area contributed by atoms with Crippen LogP contribution in [0.4, 0.5) is 22.3 Å². The molecule has 0 saturated carbocycles. The third-order valence-corrected chi connectivity index (χ3v) is 6.33. The molecule has 6 rings (SSSR count). The Kier molecular flexibility index (Phi) is 5.39. The fraction of sp³-hybridized carbons (Fsp3) is 0. The van der Waals surface area contributed by atoms with Crippen LogP contribution in [0.3, 0.4) is 0 Å². The molecule has 2 aromatic carbocycles. The van der Waals surface area contributed by atoms with Crippen molar-refractivity contribution in [2.75, 3.05) is 16.4 Å². The van der Waals surface area contributed by atoms with Crippen LogP contribution in [-0.4, -0.2) is 30.1 Å². The molecule has 0 radical (unpaired) electrons. The topological polar surface area (TPSA) is 115 Å². The minimum atomic E-state index is -0.296. The number of para-hydroxylation sites is 1. The highest BCUT2D eigenvalue weighted by molar-refractivity contribution is 7.14. The van der Waals surface area contributed by atoms with Crippen molar-refractivity contribution in [1.29, 1.82) is 0 Å². The minimum absolute atomic E-state index is 0.296. The van der Waals surface area contributed by atoms with Crippen molar-refractivity contribution in [2.24, 2.45) is 0 Å². The highest BCUT2D eigenvalue weighted by atomic mass is 32.1. The normalized spacial score (nSPS) is 11.0. The Balaban J connectivity index is 1.14. The van der Waals surface area contributed by atoms with Gasteiger partial charge in [0.05, 0.1) is 29.5 Å². The van der Waals surface area contributed by atoms with Gasteiger partial charge in [-0.15, -0.1) is 16.4 Å². The molecule has 4 heterocycles. The third kappa shape index (κ3) is 4.17. The summed E-state index contributed by atoms with van der Waals surface area (Å²) in [5, 5.41) is 13.2. The monoisotopic (exact) mass is 492 g/mol. The van der Waals surface area contributed by atoms with Gasteiger partial charge in [0.25, 0.3) is 5.91 Å². The van der Waals surface area contributed by atoms with E-state index in [2.05, 4.69) is 20.7 Å². The molecule has 0 fully saturated rings. The molecule has 0 atom stereocenters. The maximum atomic E-state index is 12.8. The fourth-order valence-corrected chi connectivity index (χ4v) is 4.50. The lowest BCUT2D eigenvalue weighted by Gasteiger charge is -2.06. The number of amides is 1. The van der Waals surface area contributed by atoms with Crippen LogP contribution in [-0.2, 0) is 0 Å². The summed E-state index contributed by atoms with van der Waals surface area (Å²) in [6.45, 7) is 0. The Morgan fingerprint density at radius 3 is 2.61 bits per heavy atom. The van der Waals surface area contributed by atoms with Crippen molar-refractivity contribution in [3.8, 4) is 17.1 Å². The minimum Gasteiger partial charge on any atom is -0.394 e. The van der Waals surface area contributed by atoms with Gasteiger partial charge in [0.1, 0.15) is 11.3 Å². The number of nitrogens with zero attached hydrogens (tertiary/aromatic N) is 5. The number of carbonyl (C=O) groups excluding carboxylic acids is 1. The SMILES string of the molecule is Nc1cn(-c2ccccc2)nc1NC(=O)c1ccc(Nc2nc(-c3cnc4ccccn34)cs2)cc1. The summed E-state index contributed by atoms with van der Waals surface area (Å²) in [6.07, 6.45) is 5.46. The van der Waals surface area contributed by atoms with Crippen molar-refractivity contribution in [1.82, 2.24) is 24.1 Å². The van der Waals surface area contributed by atoms with Gasteiger partial charge in [0.2, 0.25) is 0 Å². The number of hydrogen-bond donors (Lipinski definition) is 3. The first-order chi connectivity index (χ1) is 17.6. The standard InChI is InChI=1S/C26H20N8OS/c27-20-15-34(19-6-2-1-3-7-19)32-24(20)31-25(35)17-9-11-18(12-10-17)29-26-30-21(16-36-26)22-14-28-23-8-4-5-13-33(22)23/h1-16H,27H2,(H,29,30)(H,31,32,35). The van der Waals surface area contributed by atoms with Crippen LogP contribution in [0.2, 0.25) is 0 Å². The van der Waals surface area contributed by atoms with Crippen LogP contribution >= 0.6 is 11.3 Å². The maximum absolute atomic E-state index is 12.8. The molecule has 0 saturated heterocycles. The number of pyridine rings is 1. The zero-order valence-electron chi connectivity index (χ0n) is 18.9. The Hall–Kier alpha value is -4.96. The molecule has 4 N–H and O–H groups in total. The summed E-state index contributed by atoms with van der Waals surface area (Å²) in [5.41, 5.74) is 11.2. The lowest BCUT2D eigenvalue weighted by molar-refractivity contribution is 0.102. The van der Waals surface area contributed by atoms with Gasteiger partial charge >= 0.3 is 0 Å². The second-order valence-electron chi connectivity index (χ2n) is 7.98. The highest BCUT2D eigenvalue weighted by Gasteiger charge is 2.13. The molecule has 0 spiro atoms. The lowest BCUT2D eigenvalue weighted by Crippen LogP contribution is -2.13. The molecule has 176 valence electrons. The summed E-state index contributed by atoms with van der Waals surface area (Å²) in [6, 6.07) is 22.6. The van der Waals surface area contributed by atoms with Crippen LogP contribution in [0, 0.1) is 0 Å². The van der Waals surface area contributed by atoms with Gasteiger partial charge in [-0.25, -0.2) is 14.6 Å². The van der Waals surface area contributed by atoms with E-state index in [0.717, 1.165) is 33.5 Å². The van der Waals surface area contributed by atoms with Crippen molar-refractivity contribution in [2.45, 2.75) is 0 Å². The van der Waals surface area contributed by atoms with Crippen LogP contribution in [0.15, 0.2) is 96.8 Å². The predicted octanol–water partition coefficient (Wildman–Crippen LogP) is 5.22. The number of anilines is 4. The van der Waals surface area contributed by atoms with Crippen molar-refractivity contribution in [3.05, 3.63) is 102 Å². The second kappa shape index (κ2) is 9.01.